The zero-order valence-corrected chi connectivity index (χ0v) is 12.0. The van der Waals surface area contributed by atoms with Gasteiger partial charge in [0.2, 0.25) is 11.7 Å². The number of aromatic nitrogens is 6. The largest absolute Gasteiger partial charge is 0.348 e. The predicted molar refractivity (Wildman–Crippen MR) is 76.3 cm³/mol. The fraction of sp³-hybridized carbons (Fsp3) is 0.250. The third-order valence-corrected chi connectivity index (χ3v) is 3.74. The quantitative estimate of drug-likeness (QED) is 0.732. The lowest BCUT2D eigenvalue weighted by molar-refractivity contribution is -0.122. The van der Waals surface area contributed by atoms with Crippen LogP contribution in [0.4, 0.5) is 0 Å². The summed E-state index contributed by atoms with van der Waals surface area (Å²) in [5, 5.41) is 23.4. The number of nitrogens with one attached hydrogen (secondary N) is 2. The van der Waals surface area contributed by atoms with Crippen LogP contribution < -0.4 is 5.32 Å². The molecule has 0 bridgehead atoms. The van der Waals surface area contributed by atoms with Crippen LogP contribution in [0.2, 0.25) is 0 Å². The van der Waals surface area contributed by atoms with Crippen LogP contribution in [-0.4, -0.2) is 36.3 Å². The number of rotatable bonds is 5. The van der Waals surface area contributed by atoms with Crippen LogP contribution >= 0.6 is 11.3 Å². The van der Waals surface area contributed by atoms with Crippen molar-refractivity contribution in [3.05, 3.63) is 35.5 Å². The molecule has 108 valence electrons. The van der Waals surface area contributed by atoms with Crippen molar-refractivity contribution < 1.29 is 4.79 Å². The summed E-state index contributed by atoms with van der Waals surface area (Å²) >= 11 is 1.53. The van der Waals surface area contributed by atoms with Gasteiger partial charge in [-0.25, -0.2) is 0 Å². The molecule has 1 atom stereocenters. The molecule has 1 amide bonds. The first-order valence-electron chi connectivity index (χ1n) is 6.32. The highest BCUT2D eigenvalue weighted by Crippen LogP contribution is 2.19. The Labute approximate surface area is 124 Å². The van der Waals surface area contributed by atoms with E-state index in [-0.39, 0.29) is 18.5 Å². The lowest BCUT2D eigenvalue weighted by Crippen LogP contribution is -2.30. The maximum absolute atomic E-state index is 11.9. The van der Waals surface area contributed by atoms with Crippen LogP contribution in [0.5, 0.6) is 0 Å². The van der Waals surface area contributed by atoms with Gasteiger partial charge in [-0.3, -0.25) is 9.89 Å². The average Bonchev–Trinajstić information content (AvgIpc) is 3.21. The smallest absolute Gasteiger partial charge is 0.244 e. The van der Waals surface area contributed by atoms with Gasteiger partial charge in [-0.15, -0.1) is 21.5 Å². The molecule has 0 fully saturated rings. The van der Waals surface area contributed by atoms with Crippen LogP contribution in [0.25, 0.3) is 10.7 Å². The van der Waals surface area contributed by atoms with Gasteiger partial charge in [0.05, 0.1) is 17.1 Å². The van der Waals surface area contributed by atoms with Gasteiger partial charge in [0.1, 0.15) is 6.54 Å². The van der Waals surface area contributed by atoms with Gasteiger partial charge in [-0.05, 0) is 23.6 Å². The number of thiophene rings is 1. The molecule has 0 saturated carbocycles. The van der Waals surface area contributed by atoms with E-state index in [1.165, 1.54) is 16.1 Å². The number of hydrogen-bond acceptors (Lipinski definition) is 6. The van der Waals surface area contributed by atoms with Crippen molar-refractivity contribution in [1.82, 2.24) is 35.7 Å². The van der Waals surface area contributed by atoms with Crippen molar-refractivity contribution in [3.63, 3.8) is 0 Å². The standard InChI is InChI=1S/C12H13N7OS/c1-8(9-5-13-14-6-9)15-11(20)7-19-17-12(16-18-19)10-3-2-4-21-10/h2-6,8H,7H2,1H3,(H,13,14)(H,15,20). The Balaban J connectivity index is 1.60. The molecule has 3 aromatic heterocycles. The van der Waals surface area contributed by atoms with E-state index in [2.05, 4.69) is 30.9 Å². The SMILES string of the molecule is CC(NC(=O)Cn1nnc(-c2cccs2)n1)c1cn[nH]c1. The number of tetrazole rings is 1. The minimum absolute atomic E-state index is 0.0283. The van der Waals surface area contributed by atoms with Gasteiger partial charge >= 0.3 is 0 Å². The topological polar surface area (TPSA) is 101 Å². The summed E-state index contributed by atoms with van der Waals surface area (Å²) in [6, 6.07) is 3.70. The fourth-order valence-electron chi connectivity index (χ4n) is 1.81. The highest BCUT2D eigenvalue weighted by Gasteiger charge is 2.13. The van der Waals surface area contributed by atoms with Crippen molar-refractivity contribution in [2.45, 2.75) is 19.5 Å². The molecule has 0 aliphatic heterocycles. The number of carbonyl (C=O) groups excluding carboxylic acids is 1. The molecule has 0 saturated heterocycles. The third-order valence-electron chi connectivity index (χ3n) is 2.88. The Kier molecular flexibility index (Phi) is 3.73. The van der Waals surface area contributed by atoms with E-state index >= 15 is 0 Å². The summed E-state index contributed by atoms with van der Waals surface area (Å²) in [6.07, 6.45) is 3.42. The Hall–Kier alpha value is -2.55. The van der Waals surface area contributed by atoms with E-state index in [0.717, 1.165) is 10.4 Å². The molecule has 2 N–H and O–H groups in total. The van der Waals surface area contributed by atoms with Crippen molar-refractivity contribution in [2.24, 2.45) is 0 Å². The maximum atomic E-state index is 11.9. The van der Waals surface area contributed by atoms with E-state index in [1.54, 1.807) is 12.4 Å². The summed E-state index contributed by atoms with van der Waals surface area (Å²) in [7, 11) is 0. The van der Waals surface area contributed by atoms with E-state index in [9.17, 15) is 4.79 Å². The minimum atomic E-state index is -0.182. The van der Waals surface area contributed by atoms with Crippen LogP contribution in [0.1, 0.15) is 18.5 Å². The summed E-state index contributed by atoms with van der Waals surface area (Å²) < 4.78 is 0. The third kappa shape index (κ3) is 3.14. The number of carbonyl (C=O) groups is 1. The molecule has 8 nitrogen and oxygen atoms in total. The van der Waals surface area contributed by atoms with Crippen molar-refractivity contribution >= 4 is 17.2 Å². The molecule has 0 spiro atoms. The number of nitrogens with zero attached hydrogens (tertiary/aromatic N) is 5. The first-order valence-corrected chi connectivity index (χ1v) is 7.20. The van der Waals surface area contributed by atoms with Gasteiger partial charge in [-0.2, -0.15) is 9.90 Å². The van der Waals surface area contributed by atoms with Crippen LogP contribution in [0.15, 0.2) is 29.9 Å². The molecule has 0 aromatic carbocycles. The van der Waals surface area contributed by atoms with E-state index in [0.29, 0.717) is 5.82 Å². The van der Waals surface area contributed by atoms with Crippen molar-refractivity contribution in [3.8, 4) is 10.7 Å². The molecular formula is C12H13N7OS. The highest BCUT2D eigenvalue weighted by molar-refractivity contribution is 7.13. The molecule has 0 aliphatic carbocycles. The second-order valence-corrected chi connectivity index (χ2v) is 5.39. The van der Waals surface area contributed by atoms with Crippen LogP contribution in [0, 0.1) is 0 Å². The number of aromatic amines is 1. The summed E-state index contributed by atoms with van der Waals surface area (Å²) in [5.74, 6) is 0.347. The molecule has 1 unspecified atom stereocenters. The zero-order chi connectivity index (χ0) is 14.7. The first-order chi connectivity index (χ1) is 10.2. The van der Waals surface area contributed by atoms with E-state index in [4.69, 9.17) is 0 Å². The summed E-state index contributed by atoms with van der Waals surface area (Å²) in [5.41, 5.74) is 0.911. The van der Waals surface area contributed by atoms with E-state index in [1.807, 2.05) is 24.4 Å². The molecule has 21 heavy (non-hydrogen) atoms. The fourth-order valence-corrected chi connectivity index (χ4v) is 2.46. The van der Waals surface area contributed by atoms with Gasteiger partial charge in [0.15, 0.2) is 0 Å². The molecule has 0 aliphatic rings. The van der Waals surface area contributed by atoms with Crippen molar-refractivity contribution in [1.29, 1.82) is 0 Å². The molecule has 9 heteroatoms. The number of hydrogen-bond donors (Lipinski definition) is 2. The molecule has 3 aromatic rings. The van der Waals surface area contributed by atoms with Gasteiger partial charge in [0, 0.05) is 11.8 Å². The van der Waals surface area contributed by atoms with Crippen LogP contribution in [-0.2, 0) is 11.3 Å². The monoisotopic (exact) mass is 303 g/mol. The summed E-state index contributed by atoms with van der Waals surface area (Å²) in [4.78, 5) is 14.2. The molecule has 3 rings (SSSR count). The highest BCUT2D eigenvalue weighted by atomic mass is 32.1. The Bertz CT molecular complexity index is 704. The second-order valence-electron chi connectivity index (χ2n) is 4.44. The maximum Gasteiger partial charge on any atom is 0.244 e. The molecule has 0 radical (unpaired) electrons. The Morgan fingerprint density at radius 2 is 2.48 bits per heavy atom. The van der Waals surface area contributed by atoms with Gasteiger partial charge < -0.3 is 5.32 Å². The van der Waals surface area contributed by atoms with Gasteiger partial charge in [-0.1, -0.05) is 6.07 Å². The lowest BCUT2D eigenvalue weighted by Gasteiger charge is -2.11. The number of amides is 1. The molecule has 3 heterocycles. The second kappa shape index (κ2) is 5.83. The Morgan fingerprint density at radius 1 is 1.57 bits per heavy atom. The normalized spacial score (nSPS) is 12.2. The lowest BCUT2D eigenvalue weighted by atomic mass is 10.2. The minimum Gasteiger partial charge on any atom is -0.348 e. The number of H-pyrrole nitrogens is 1. The van der Waals surface area contributed by atoms with E-state index < -0.39 is 0 Å². The average molecular weight is 303 g/mol. The summed E-state index contributed by atoms with van der Waals surface area (Å²) in [6.45, 7) is 1.91. The van der Waals surface area contributed by atoms with Gasteiger partial charge in [0.25, 0.3) is 0 Å². The predicted octanol–water partition coefficient (Wildman–Crippen LogP) is 1.00. The first kappa shape index (κ1) is 13.4. The van der Waals surface area contributed by atoms with Crippen molar-refractivity contribution in [2.75, 3.05) is 0 Å². The Morgan fingerprint density at radius 3 is 3.19 bits per heavy atom. The van der Waals surface area contributed by atoms with Crippen LogP contribution in [0.3, 0.4) is 0 Å². The zero-order valence-electron chi connectivity index (χ0n) is 11.2. The molecular weight excluding hydrogens is 290 g/mol.